The smallest absolute Gasteiger partial charge is 0.342 e. The van der Waals surface area contributed by atoms with Gasteiger partial charge in [0.2, 0.25) is 0 Å². The Kier molecular flexibility index (Phi) is 5.50. The second kappa shape index (κ2) is 6.89. The minimum Gasteiger partial charge on any atom is -0.477 e. The first-order valence-corrected chi connectivity index (χ1v) is 6.06. The Bertz CT molecular complexity index is 544. The number of nitrogens with zero attached hydrogens (tertiary/aromatic N) is 1. The zero-order valence-electron chi connectivity index (χ0n) is 11.0. The molecule has 19 heavy (non-hydrogen) atoms. The van der Waals surface area contributed by atoms with E-state index in [1.165, 1.54) is 0 Å². The topological polar surface area (TPSA) is 101 Å². The number of ether oxygens (including phenoxy) is 1. The number of hydrogen-bond donors (Lipinski definition) is 2. The highest BCUT2D eigenvalue weighted by molar-refractivity contribution is 5.86. The van der Waals surface area contributed by atoms with E-state index < -0.39 is 22.8 Å². The molecule has 1 aromatic rings. The number of aromatic nitrogens is 2. The summed E-state index contributed by atoms with van der Waals surface area (Å²) in [6.07, 6.45) is 1.95. The highest BCUT2D eigenvalue weighted by Crippen LogP contribution is 1.98. The monoisotopic (exact) mass is 270 g/mol. The molecule has 1 aromatic heterocycles. The summed E-state index contributed by atoms with van der Waals surface area (Å²) in [4.78, 5) is 35.4. The number of hydrogen-bond acceptors (Lipinski definition) is 4. The van der Waals surface area contributed by atoms with Gasteiger partial charge in [-0.25, -0.2) is 9.59 Å². The molecule has 2 N–H and O–H groups in total. The van der Waals surface area contributed by atoms with Crippen molar-refractivity contribution < 1.29 is 14.6 Å². The molecule has 0 aliphatic rings. The van der Waals surface area contributed by atoms with E-state index in [0.29, 0.717) is 12.5 Å². The third kappa shape index (κ3) is 4.70. The van der Waals surface area contributed by atoms with Crippen molar-refractivity contribution in [2.75, 3.05) is 13.2 Å². The van der Waals surface area contributed by atoms with Gasteiger partial charge in [-0.2, -0.15) is 0 Å². The average molecular weight is 270 g/mol. The molecule has 0 saturated heterocycles. The molecule has 106 valence electrons. The molecule has 0 bridgehead atoms. The number of H-pyrrole nitrogens is 1. The van der Waals surface area contributed by atoms with Gasteiger partial charge in [-0.1, -0.05) is 13.8 Å². The lowest BCUT2D eigenvalue weighted by atomic mass is 10.1. The van der Waals surface area contributed by atoms with Crippen LogP contribution in [0.5, 0.6) is 0 Å². The minimum atomic E-state index is -1.37. The van der Waals surface area contributed by atoms with Crippen LogP contribution < -0.4 is 11.2 Å². The maximum Gasteiger partial charge on any atom is 0.342 e. The fourth-order valence-corrected chi connectivity index (χ4v) is 1.41. The summed E-state index contributed by atoms with van der Waals surface area (Å²) in [6.45, 7) is 5.23. The van der Waals surface area contributed by atoms with Crippen LogP contribution in [0, 0.1) is 5.92 Å². The largest absolute Gasteiger partial charge is 0.477 e. The molecule has 1 rings (SSSR count). The molecule has 0 amide bonds. The number of carboxylic acids is 1. The lowest BCUT2D eigenvalue weighted by Crippen LogP contribution is -2.34. The van der Waals surface area contributed by atoms with Crippen LogP contribution in [0.1, 0.15) is 30.6 Å². The summed E-state index contributed by atoms with van der Waals surface area (Å²) >= 11 is 0. The maximum atomic E-state index is 11.4. The molecule has 0 radical (unpaired) electrons. The van der Waals surface area contributed by atoms with E-state index in [1.54, 1.807) is 0 Å². The molecule has 1 heterocycles. The number of carbonyl (C=O) groups is 1. The second-order valence-electron chi connectivity index (χ2n) is 4.60. The highest BCUT2D eigenvalue weighted by Gasteiger charge is 2.11. The first-order valence-electron chi connectivity index (χ1n) is 6.06. The lowest BCUT2D eigenvalue weighted by Gasteiger charge is -2.08. The number of nitrogens with one attached hydrogen (secondary N) is 1. The van der Waals surface area contributed by atoms with Gasteiger partial charge in [0.15, 0.2) is 0 Å². The van der Waals surface area contributed by atoms with Gasteiger partial charge >= 0.3 is 11.7 Å². The summed E-state index contributed by atoms with van der Waals surface area (Å²) in [6, 6.07) is 0. The summed E-state index contributed by atoms with van der Waals surface area (Å²) in [5.41, 5.74) is -1.99. The van der Waals surface area contributed by atoms with Gasteiger partial charge in [0, 0.05) is 12.8 Å². The summed E-state index contributed by atoms with van der Waals surface area (Å²) < 4.78 is 6.46. The predicted molar refractivity (Wildman–Crippen MR) is 68.6 cm³/mol. The van der Waals surface area contributed by atoms with Gasteiger partial charge in [0.25, 0.3) is 5.56 Å². The molecule has 7 heteroatoms. The molecule has 0 aliphatic carbocycles. The third-order valence-electron chi connectivity index (χ3n) is 2.56. The van der Waals surface area contributed by atoms with Crippen molar-refractivity contribution in [3.05, 3.63) is 32.6 Å². The van der Waals surface area contributed by atoms with Crippen molar-refractivity contribution in [2.24, 2.45) is 5.92 Å². The van der Waals surface area contributed by atoms with E-state index >= 15 is 0 Å². The zero-order chi connectivity index (χ0) is 14.4. The maximum absolute atomic E-state index is 11.4. The number of rotatable bonds is 7. The molecule has 0 aromatic carbocycles. The van der Waals surface area contributed by atoms with Crippen molar-refractivity contribution in [3.63, 3.8) is 0 Å². The third-order valence-corrected chi connectivity index (χ3v) is 2.56. The number of carboxylic acid groups (broad SMARTS) is 1. The Morgan fingerprint density at radius 3 is 2.68 bits per heavy atom. The predicted octanol–water partition coefficient (Wildman–Crippen LogP) is 0.297. The molecule has 0 aliphatic heterocycles. The zero-order valence-corrected chi connectivity index (χ0v) is 11.0. The Morgan fingerprint density at radius 2 is 2.11 bits per heavy atom. The average Bonchev–Trinajstić information content (AvgIpc) is 2.30. The normalized spacial score (nSPS) is 10.9. The molecule has 0 saturated carbocycles. The van der Waals surface area contributed by atoms with Crippen molar-refractivity contribution in [2.45, 2.75) is 26.8 Å². The van der Waals surface area contributed by atoms with Crippen LogP contribution in [0.4, 0.5) is 0 Å². The SMILES string of the molecule is CC(C)CCOCCn1cc(C(=O)O)c(=O)[nH]c1=O. The van der Waals surface area contributed by atoms with Gasteiger partial charge in [-0.05, 0) is 12.3 Å². The van der Waals surface area contributed by atoms with E-state index in [-0.39, 0.29) is 13.2 Å². The number of aromatic carboxylic acids is 1. The van der Waals surface area contributed by atoms with E-state index in [4.69, 9.17) is 9.84 Å². The molecule has 0 fully saturated rings. The minimum absolute atomic E-state index is 0.202. The summed E-state index contributed by atoms with van der Waals surface area (Å²) in [7, 11) is 0. The van der Waals surface area contributed by atoms with Gasteiger partial charge < -0.3 is 9.84 Å². The first-order chi connectivity index (χ1) is 8.91. The van der Waals surface area contributed by atoms with E-state index in [9.17, 15) is 14.4 Å². The van der Waals surface area contributed by atoms with Crippen LogP contribution in [0.15, 0.2) is 15.8 Å². The highest BCUT2D eigenvalue weighted by atomic mass is 16.5. The molecule has 7 nitrogen and oxygen atoms in total. The Labute approximate surface area is 109 Å². The van der Waals surface area contributed by atoms with E-state index in [0.717, 1.165) is 17.2 Å². The van der Waals surface area contributed by atoms with Crippen LogP contribution in [0.3, 0.4) is 0 Å². The van der Waals surface area contributed by atoms with Crippen LogP contribution >= 0.6 is 0 Å². The lowest BCUT2D eigenvalue weighted by molar-refractivity contribution is 0.0692. The first kappa shape index (κ1) is 15.2. The van der Waals surface area contributed by atoms with Gasteiger partial charge in [-0.15, -0.1) is 0 Å². The van der Waals surface area contributed by atoms with Crippen LogP contribution in [0.2, 0.25) is 0 Å². The van der Waals surface area contributed by atoms with Crippen molar-refractivity contribution >= 4 is 5.97 Å². The van der Waals surface area contributed by atoms with Crippen LogP contribution in [0.25, 0.3) is 0 Å². The summed E-state index contributed by atoms with van der Waals surface area (Å²) in [5.74, 6) is -0.829. The van der Waals surface area contributed by atoms with Gasteiger partial charge in [0.1, 0.15) is 5.56 Å². The van der Waals surface area contributed by atoms with Gasteiger partial charge in [-0.3, -0.25) is 14.3 Å². The van der Waals surface area contributed by atoms with E-state index in [1.807, 2.05) is 4.98 Å². The molecular weight excluding hydrogens is 252 g/mol. The Morgan fingerprint density at radius 1 is 1.42 bits per heavy atom. The second-order valence-corrected chi connectivity index (χ2v) is 4.60. The fourth-order valence-electron chi connectivity index (χ4n) is 1.41. The summed E-state index contributed by atoms with van der Waals surface area (Å²) in [5, 5.41) is 8.79. The van der Waals surface area contributed by atoms with Crippen LogP contribution in [-0.4, -0.2) is 33.8 Å². The van der Waals surface area contributed by atoms with Crippen molar-refractivity contribution in [1.29, 1.82) is 0 Å². The molecule has 0 unspecified atom stereocenters. The molecule has 0 atom stereocenters. The standard InChI is InChI=1S/C12H18N2O5/c1-8(2)3-5-19-6-4-14-7-9(11(16)17)10(15)13-12(14)18/h7-8H,3-6H2,1-2H3,(H,16,17)(H,13,15,18). The number of aromatic amines is 1. The Balaban J connectivity index is 2.64. The van der Waals surface area contributed by atoms with E-state index in [2.05, 4.69) is 13.8 Å². The van der Waals surface area contributed by atoms with Crippen molar-refractivity contribution in [1.82, 2.24) is 9.55 Å². The Hall–Kier alpha value is -1.89. The van der Waals surface area contributed by atoms with Crippen molar-refractivity contribution in [3.8, 4) is 0 Å². The fraction of sp³-hybridized carbons (Fsp3) is 0.583. The quantitative estimate of drug-likeness (QED) is 0.694. The molecular formula is C12H18N2O5. The van der Waals surface area contributed by atoms with Gasteiger partial charge in [0.05, 0.1) is 13.2 Å². The molecule has 0 spiro atoms. The van der Waals surface area contributed by atoms with Crippen LogP contribution in [-0.2, 0) is 11.3 Å².